The van der Waals surface area contributed by atoms with Gasteiger partial charge in [-0.2, -0.15) is 13.2 Å². The van der Waals surface area contributed by atoms with Crippen LogP contribution in [0.3, 0.4) is 0 Å². The second kappa shape index (κ2) is 11.6. The Hall–Kier alpha value is -1.14. The van der Waals surface area contributed by atoms with Crippen LogP contribution in [0.1, 0.15) is 15.9 Å². The number of carbonyl (C=O) groups excluding carboxylic acids is 1. The molecule has 1 amide bonds. The summed E-state index contributed by atoms with van der Waals surface area (Å²) in [6.45, 7) is 2.85. The highest BCUT2D eigenvalue weighted by Gasteiger charge is 2.46. The molecule has 0 aliphatic carbocycles. The maximum absolute atomic E-state index is 12.7. The lowest BCUT2D eigenvalue weighted by Crippen LogP contribution is -2.56. The molecule has 0 radical (unpaired) electrons. The van der Waals surface area contributed by atoms with Crippen LogP contribution in [0.2, 0.25) is 0 Å². The largest absolute Gasteiger partial charge is 0.416 e. The molecule has 0 bridgehead atoms. The van der Waals surface area contributed by atoms with Crippen molar-refractivity contribution in [2.75, 3.05) is 46.4 Å². The number of nitrogens with zero attached hydrogens (tertiary/aromatic N) is 2. The van der Waals surface area contributed by atoms with Crippen molar-refractivity contribution < 1.29 is 32.9 Å². The average molecular weight is 490 g/mol. The van der Waals surface area contributed by atoms with Gasteiger partial charge in [0.2, 0.25) is 0 Å². The summed E-state index contributed by atoms with van der Waals surface area (Å²) < 4.78 is 43.7. The van der Waals surface area contributed by atoms with Gasteiger partial charge in [0.25, 0.3) is 5.91 Å². The summed E-state index contributed by atoms with van der Waals surface area (Å²) in [5.74, 6) is -0.526. The fourth-order valence-electron chi connectivity index (χ4n) is 3.82. The third kappa shape index (κ3) is 6.67. The van der Waals surface area contributed by atoms with Crippen LogP contribution in [0.4, 0.5) is 13.2 Å². The molecule has 0 aromatic heterocycles. The van der Waals surface area contributed by atoms with Gasteiger partial charge >= 0.3 is 6.18 Å². The molecule has 1 aromatic carbocycles. The molecule has 2 heterocycles. The normalized spacial score (nSPS) is 27.3. The first kappa shape index (κ1) is 27.9. The summed E-state index contributed by atoms with van der Waals surface area (Å²) >= 11 is 0. The van der Waals surface area contributed by atoms with Crippen LogP contribution in [0, 0.1) is 0 Å². The fourth-order valence-corrected chi connectivity index (χ4v) is 3.82. The van der Waals surface area contributed by atoms with E-state index in [1.807, 2.05) is 7.05 Å². The summed E-state index contributed by atoms with van der Waals surface area (Å²) in [5.41, 5.74) is -0.719. The zero-order chi connectivity index (χ0) is 21.2. The van der Waals surface area contributed by atoms with E-state index in [0.29, 0.717) is 0 Å². The summed E-state index contributed by atoms with van der Waals surface area (Å²) in [6.07, 6.45) is -6.63. The Morgan fingerprint density at radius 2 is 1.71 bits per heavy atom. The Labute approximate surface area is 191 Å². The monoisotopic (exact) mass is 489 g/mol. The van der Waals surface area contributed by atoms with Crippen molar-refractivity contribution in [3.05, 3.63) is 35.4 Å². The smallest absolute Gasteiger partial charge is 0.394 e. The van der Waals surface area contributed by atoms with Gasteiger partial charge in [0.05, 0.1) is 24.3 Å². The van der Waals surface area contributed by atoms with Crippen LogP contribution in [0.5, 0.6) is 0 Å². The second-order valence-electron chi connectivity index (χ2n) is 7.50. The van der Waals surface area contributed by atoms with Crippen LogP contribution in [0.25, 0.3) is 0 Å². The standard InChI is InChI=1S/C19H26F3N3O4.2ClH/c1-24-6-8-25(9-7-24)16-14(29-15(11-26)17(16)27)10-23-18(28)12-2-4-13(5-3-12)19(20,21)22;;/h2-5,14-17,26-27H,6-11H2,1H3,(H,23,28);2*1H/t14-,15+,16+,17-;;/m1../s1. The van der Waals surface area contributed by atoms with E-state index < -0.39 is 36.0 Å². The van der Waals surface area contributed by atoms with Crippen LogP contribution >= 0.6 is 24.8 Å². The number of hydrogen-bond donors (Lipinski definition) is 3. The first-order valence-corrected chi connectivity index (χ1v) is 9.53. The van der Waals surface area contributed by atoms with Gasteiger partial charge in [0.15, 0.2) is 0 Å². The first-order valence-electron chi connectivity index (χ1n) is 9.53. The van der Waals surface area contributed by atoms with Gasteiger partial charge in [-0.15, -0.1) is 24.8 Å². The molecule has 178 valence electrons. The van der Waals surface area contributed by atoms with Crippen LogP contribution in [0.15, 0.2) is 24.3 Å². The molecule has 4 atom stereocenters. The minimum atomic E-state index is -4.46. The highest BCUT2D eigenvalue weighted by atomic mass is 35.5. The number of piperazine rings is 1. The van der Waals surface area contributed by atoms with Crippen molar-refractivity contribution >= 4 is 30.7 Å². The van der Waals surface area contributed by atoms with Crippen molar-refractivity contribution in [3.63, 3.8) is 0 Å². The molecule has 7 nitrogen and oxygen atoms in total. The van der Waals surface area contributed by atoms with E-state index in [9.17, 15) is 28.2 Å². The molecule has 3 N–H and O–H groups in total. The number of ether oxygens (including phenoxy) is 1. The molecule has 0 spiro atoms. The van der Waals surface area contributed by atoms with E-state index >= 15 is 0 Å². The lowest BCUT2D eigenvalue weighted by molar-refractivity contribution is -0.137. The number of nitrogens with one attached hydrogen (secondary N) is 1. The van der Waals surface area contributed by atoms with Crippen LogP contribution < -0.4 is 5.32 Å². The molecule has 2 fully saturated rings. The SMILES string of the molecule is CN1CCN([C@@H]2[C@H](O)[C@H](CO)O[C@@H]2CNC(=O)c2ccc(C(F)(F)F)cc2)CC1.Cl.Cl. The highest BCUT2D eigenvalue weighted by molar-refractivity contribution is 5.94. The minimum absolute atomic E-state index is 0. The van der Waals surface area contributed by atoms with Gasteiger partial charge in [-0.05, 0) is 31.3 Å². The number of amides is 1. The molecule has 0 saturated carbocycles. The number of aliphatic hydroxyl groups is 2. The molecule has 1 aromatic rings. The predicted molar refractivity (Wildman–Crippen MR) is 113 cm³/mol. The van der Waals surface area contributed by atoms with E-state index in [-0.39, 0.29) is 49.6 Å². The van der Waals surface area contributed by atoms with Gasteiger partial charge in [0, 0.05) is 38.3 Å². The van der Waals surface area contributed by atoms with Gasteiger partial charge < -0.3 is 25.2 Å². The van der Waals surface area contributed by atoms with Crippen molar-refractivity contribution in [2.45, 2.75) is 30.5 Å². The Morgan fingerprint density at radius 3 is 2.23 bits per heavy atom. The van der Waals surface area contributed by atoms with Crippen LogP contribution in [-0.2, 0) is 10.9 Å². The molecule has 2 aliphatic heterocycles. The quantitative estimate of drug-likeness (QED) is 0.572. The summed E-state index contributed by atoms with van der Waals surface area (Å²) in [4.78, 5) is 16.6. The maximum atomic E-state index is 12.7. The van der Waals surface area contributed by atoms with Gasteiger partial charge in [0.1, 0.15) is 12.2 Å². The summed E-state index contributed by atoms with van der Waals surface area (Å²) in [6, 6.07) is 3.58. The molecule has 2 aliphatic rings. The maximum Gasteiger partial charge on any atom is 0.416 e. The fraction of sp³-hybridized carbons (Fsp3) is 0.632. The van der Waals surface area contributed by atoms with Crippen molar-refractivity contribution in [2.24, 2.45) is 0 Å². The average Bonchev–Trinajstić information content (AvgIpc) is 3.01. The van der Waals surface area contributed by atoms with E-state index in [1.165, 1.54) is 0 Å². The van der Waals surface area contributed by atoms with Crippen molar-refractivity contribution in [3.8, 4) is 0 Å². The zero-order valence-electron chi connectivity index (χ0n) is 16.9. The third-order valence-corrected chi connectivity index (χ3v) is 5.54. The number of hydrogen-bond acceptors (Lipinski definition) is 6. The molecule has 0 unspecified atom stereocenters. The molecule has 31 heavy (non-hydrogen) atoms. The number of aliphatic hydroxyl groups excluding tert-OH is 2. The molecular weight excluding hydrogens is 462 g/mol. The Bertz CT molecular complexity index is 704. The second-order valence-corrected chi connectivity index (χ2v) is 7.50. The number of alkyl halides is 3. The van der Waals surface area contributed by atoms with Crippen molar-refractivity contribution in [1.82, 2.24) is 15.1 Å². The molecule has 3 rings (SSSR count). The minimum Gasteiger partial charge on any atom is -0.394 e. The molecular formula is C19H28Cl2F3N3O4. The zero-order valence-corrected chi connectivity index (χ0v) is 18.6. The van der Waals surface area contributed by atoms with Gasteiger partial charge in [-0.1, -0.05) is 0 Å². The third-order valence-electron chi connectivity index (χ3n) is 5.54. The lowest BCUT2D eigenvalue weighted by atomic mass is 10.0. The topological polar surface area (TPSA) is 85.3 Å². The number of carbonyl (C=O) groups is 1. The summed E-state index contributed by atoms with van der Waals surface area (Å²) in [7, 11) is 2.01. The first-order chi connectivity index (χ1) is 13.7. The highest BCUT2D eigenvalue weighted by Crippen LogP contribution is 2.29. The van der Waals surface area contributed by atoms with Gasteiger partial charge in [-0.25, -0.2) is 0 Å². The van der Waals surface area contributed by atoms with Crippen molar-refractivity contribution in [1.29, 1.82) is 0 Å². The van der Waals surface area contributed by atoms with E-state index in [0.717, 1.165) is 50.4 Å². The van der Waals surface area contributed by atoms with Gasteiger partial charge in [-0.3, -0.25) is 9.69 Å². The number of halogens is 5. The lowest BCUT2D eigenvalue weighted by Gasteiger charge is -2.39. The number of likely N-dealkylation sites (N-methyl/N-ethyl adjacent to an activating group) is 1. The number of rotatable bonds is 5. The Morgan fingerprint density at radius 1 is 1.13 bits per heavy atom. The summed E-state index contributed by atoms with van der Waals surface area (Å²) in [5, 5.41) is 22.7. The Kier molecular flexibility index (Phi) is 10.5. The predicted octanol–water partition coefficient (Wildman–Crippen LogP) is 1.02. The van der Waals surface area contributed by atoms with E-state index in [1.54, 1.807) is 0 Å². The molecule has 2 saturated heterocycles. The molecule has 12 heteroatoms. The van der Waals surface area contributed by atoms with E-state index in [2.05, 4.69) is 15.1 Å². The number of benzene rings is 1. The van der Waals surface area contributed by atoms with Crippen LogP contribution in [-0.4, -0.2) is 96.7 Å². The Balaban J connectivity index is 0.00000240. The van der Waals surface area contributed by atoms with E-state index in [4.69, 9.17) is 4.74 Å².